The van der Waals surface area contributed by atoms with Gasteiger partial charge in [0.2, 0.25) is 5.91 Å². The molecule has 0 saturated carbocycles. The molecule has 1 amide bonds. The molecule has 0 aliphatic heterocycles. The summed E-state index contributed by atoms with van der Waals surface area (Å²) in [6.07, 6.45) is 3.00. The number of thiophene rings is 1. The lowest BCUT2D eigenvalue weighted by atomic mass is 9.72. The number of thioether (sulfide) groups is 1. The molecule has 186 valence electrons. The van der Waals surface area contributed by atoms with Crippen molar-refractivity contribution in [3.8, 4) is 5.69 Å². The predicted molar refractivity (Wildman–Crippen MR) is 149 cm³/mol. The second-order valence-electron chi connectivity index (χ2n) is 10.4. The van der Waals surface area contributed by atoms with E-state index in [4.69, 9.17) is 4.98 Å². The van der Waals surface area contributed by atoms with E-state index in [0.29, 0.717) is 17.6 Å². The van der Waals surface area contributed by atoms with Crippen LogP contribution >= 0.6 is 23.1 Å². The summed E-state index contributed by atoms with van der Waals surface area (Å²) in [6.45, 7) is 7.38. The highest BCUT2D eigenvalue weighted by Crippen LogP contribution is 2.42. The third kappa shape index (κ3) is 5.13. The fraction of sp³-hybridized carbons (Fsp3) is 0.345. The van der Waals surface area contributed by atoms with Crippen LogP contribution in [-0.2, 0) is 24.2 Å². The number of carbonyl (C=O) groups is 1. The van der Waals surface area contributed by atoms with Gasteiger partial charge in [0, 0.05) is 11.4 Å². The number of para-hydroxylation sites is 1. The van der Waals surface area contributed by atoms with Gasteiger partial charge in [0.05, 0.1) is 16.8 Å². The van der Waals surface area contributed by atoms with E-state index in [9.17, 15) is 9.59 Å². The zero-order chi connectivity index (χ0) is 25.3. The third-order valence-electron chi connectivity index (χ3n) is 6.96. The van der Waals surface area contributed by atoms with E-state index < -0.39 is 0 Å². The average Bonchev–Trinajstić information content (AvgIpc) is 3.25. The topological polar surface area (TPSA) is 64.0 Å². The first-order valence-electron chi connectivity index (χ1n) is 12.4. The highest BCUT2D eigenvalue weighted by atomic mass is 32.2. The molecular formula is C29H31N3O2S2. The van der Waals surface area contributed by atoms with E-state index in [1.54, 1.807) is 15.9 Å². The second-order valence-corrected chi connectivity index (χ2v) is 12.4. The molecule has 2 aromatic carbocycles. The smallest absolute Gasteiger partial charge is 0.267 e. The number of aryl methyl sites for hydroxylation is 1. The molecule has 7 heteroatoms. The van der Waals surface area contributed by atoms with Gasteiger partial charge in [0.1, 0.15) is 4.83 Å². The lowest BCUT2D eigenvalue weighted by molar-refractivity contribution is -0.118. The highest BCUT2D eigenvalue weighted by Gasteiger charge is 2.32. The molecule has 0 saturated heterocycles. The molecule has 0 spiro atoms. The Hall–Kier alpha value is -2.90. The number of hydrogen-bond acceptors (Lipinski definition) is 5. The van der Waals surface area contributed by atoms with Crippen molar-refractivity contribution in [2.24, 2.45) is 11.3 Å². The molecule has 5 nitrogen and oxygen atoms in total. The number of nitrogens with one attached hydrogen (secondary N) is 1. The molecule has 1 unspecified atom stereocenters. The summed E-state index contributed by atoms with van der Waals surface area (Å²) < 4.78 is 1.68. The van der Waals surface area contributed by atoms with Gasteiger partial charge in [-0.05, 0) is 53.9 Å². The molecule has 2 heterocycles. The van der Waals surface area contributed by atoms with Crippen LogP contribution in [0.25, 0.3) is 15.9 Å². The third-order valence-corrected chi connectivity index (χ3v) is 9.04. The maximum Gasteiger partial charge on any atom is 0.267 e. The van der Waals surface area contributed by atoms with Crippen molar-refractivity contribution in [2.75, 3.05) is 5.75 Å². The zero-order valence-corrected chi connectivity index (χ0v) is 22.5. The number of hydrogen-bond donors (Lipinski definition) is 1. The van der Waals surface area contributed by atoms with Crippen LogP contribution in [0.2, 0.25) is 0 Å². The summed E-state index contributed by atoms with van der Waals surface area (Å²) in [7, 11) is 0. The van der Waals surface area contributed by atoms with Crippen molar-refractivity contribution in [2.45, 2.75) is 51.7 Å². The first-order valence-corrected chi connectivity index (χ1v) is 14.2. The van der Waals surface area contributed by atoms with Crippen LogP contribution in [-0.4, -0.2) is 21.2 Å². The predicted octanol–water partition coefficient (Wildman–Crippen LogP) is 6.01. The zero-order valence-electron chi connectivity index (χ0n) is 20.9. The minimum absolute atomic E-state index is 0.0369. The van der Waals surface area contributed by atoms with E-state index in [0.717, 1.165) is 40.7 Å². The molecule has 2 aromatic heterocycles. The average molecular weight is 518 g/mol. The Morgan fingerprint density at radius 3 is 2.50 bits per heavy atom. The molecule has 1 atom stereocenters. The Morgan fingerprint density at radius 1 is 1.11 bits per heavy atom. The number of nitrogens with zero attached hydrogens (tertiary/aromatic N) is 2. The SMILES string of the molecule is CC(C)(C)C1CCc2c(sc3nc(SCC(=O)NCc4ccccc4)n(-c4ccccc4)c(=O)c23)C1. The molecule has 36 heavy (non-hydrogen) atoms. The number of rotatable bonds is 6. The van der Waals surface area contributed by atoms with E-state index in [1.165, 1.54) is 22.2 Å². The van der Waals surface area contributed by atoms with Crippen LogP contribution in [0.1, 0.15) is 43.2 Å². The molecule has 5 rings (SSSR count). The van der Waals surface area contributed by atoms with Crippen molar-refractivity contribution < 1.29 is 4.79 Å². The fourth-order valence-electron chi connectivity index (χ4n) is 4.82. The van der Waals surface area contributed by atoms with Gasteiger partial charge < -0.3 is 5.32 Å². The molecular weight excluding hydrogens is 486 g/mol. The van der Waals surface area contributed by atoms with Crippen molar-refractivity contribution in [3.05, 3.63) is 87.0 Å². The lowest BCUT2D eigenvalue weighted by Crippen LogP contribution is -2.27. The molecule has 0 fully saturated rings. The van der Waals surface area contributed by atoms with Crippen LogP contribution in [0, 0.1) is 11.3 Å². The van der Waals surface area contributed by atoms with Crippen molar-refractivity contribution in [1.29, 1.82) is 0 Å². The van der Waals surface area contributed by atoms with E-state index in [1.807, 2.05) is 60.7 Å². The monoisotopic (exact) mass is 517 g/mol. The molecule has 1 aliphatic rings. The summed E-state index contributed by atoms with van der Waals surface area (Å²) in [5, 5.41) is 4.28. The van der Waals surface area contributed by atoms with Crippen LogP contribution in [0.4, 0.5) is 0 Å². The Bertz CT molecular complexity index is 1440. The normalized spacial score (nSPS) is 15.6. The summed E-state index contributed by atoms with van der Waals surface area (Å²) in [6, 6.07) is 19.5. The summed E-state index contributed by atoms with van der Waals surface area (Å²) >= 11 is 2.97. The Labute approximate surface area is 220 Å². The summed E-state index contributed by atoms with van der Waals surface area (Å²) in [5.74, 6) is 0.697. The van der Waals surface area contributed by atoms with Crippen LogP contribution < -0.4 is 10.9 Å². The largest absolute Gasteiger partial charge is 0.351 e. The minimum atomic E-state index is -0.0868. The maximum atomic E-state index is 13.9. The van der Waals surface area contributed by atoms with Crippen molar-refractivity contribution in [1.82, 2.24) is 14.9 Å². The number of amides is 1. The first kappa shape index (κ1) is 24.8. The van der Waals surface area contributed by atoms with Crippen LogP contribution in [0.15, 0.2) is 70.6 Å². The first-order chi connectivity index (χ1) is 17.3. The van der Waals surface area contributed by atoms with E-state index in [-0.39, 0.29) is 22.6 Å². The fourth-order valence-corrected chi connectivity index (χ4v) is 7.01. The Morgan fingerprint density at radius 2 is 1.81 bits per heavy atom. The highest BCUT2D eigenvalue weighted by molar-refractivity contribution is 7.99. The van der Waals surface area contributed by atoms with Gasteiger partial charge in [0.15, 0.2) is 5.16 Å². The molecule has 0 bridgehead atoms. The van der Waals surface area contributed by atoms with Crippen molar-refractivity contribution >= 4 is 39.2 Å². The summed E-state index contributed by atoms with van der Waals surface area (Å²) in [4.78, 5) is 33.6. The molecule has 1 N–H and O–H groups in total. The van der Waals surface area contributed by atoms with Crippen molar-refractivity contribution in [3.63, 3.8) is 0 Å². The molecule has 4 aromatic rings. The van der Waals surface area contributed by atoms with Gasteiger partial charge in [-0.25, -0.2) is 4.98 Å². The van der Waals surface area contributed by atoms with E-state index >= 15 is 0 Å². The molecule has 0 radical (unpaired) electrons. The summed E-state index contributed by atoms with van der Waals surface area (Å²) in [5.41, 5.74) is 3.20. The Balaban J connectivity index is 1.47. The second kappa shape index (κ2) is 10.2. The number of benzene rings is 2. The van der Waals surface area contributed by atoms with Crippen LogP contribution in [0.5, 0.6) is 0 Å². The Kier molecular flexibility index (Phi) is 7.04. The van der Waals surface area contributed by atoms with Gasteiger partial charge in [-0.2, -0.15) is 0 Å². The van der Waals surface area contributed by atoms with Gasteiger partial charge in [0.25, 0.3) is 5.56 Å². The van der Waals surface area contributed by atoms with Gasteiger partial charge in [-0.1, -0.05) is 81.1 Å². The van der Waals surface area contributed by atoms with Gasteiger partial charge in [-0.15, -0.1) is 11.3 Å². The minimum Gasteiger partial charge on any atom is -0.351 e. The molecule has 1 aliphatic carbocycles. The van der Waals surface area contributed by atoms with Crippen LogP contribution in [0.3, 0.4) is 0 Å². The number of carbonyl (C=O) groups excluding carboxylic acids is 1. The number of aromatic nitrogens is 2. The maximum absolute atomic E-state index is 13.9. The van der Waals surface area contributed by atoms with E-state index in [2.05, 4.69) is 26.1 Å². The quantitative estimate of drug-likeness (QED) is 0.251. The standard InChI is InChI=1S/C29H31N3O2S2/c1-29(2,3)20-14-15-22-23(16-20)36-26-25(22)27(34)32(21-12-8-5-9-13-21)28(31-26)35-18-24(33)30-17-19-10-6-4-7-11-19/h4-13,20H,14-18H2,1-3H3,(H,30,33). The lowest BCUT2D eigenvalue weighted by Gasteiger charge is -2.33. The van der Waals surface area contributed by atoms with Gasteiger partial charge >= 0.3 is 0 Å². The number of fused-ring (bicyclic) bond motifs is 3. The van der Waals surface area contributed by atoms with Gasteiger partial charge in [-0.3, -0.25) is 14.2 Å².